The Morgan fingerprint density at radius 1 is 0.771 bits per heavy atom. The van der Waals surface area contributed by atoms with Gasteiger partial charge in [-0.15, -0.1) is 0 Å². The van der Waals surface area contributed by atoms with Gasteiger partial charge in [0.2, 0.25) is 26.0 Å². The van der Waals surface area contributed by atoms with E-state index < -0.39 is 32.0 Å². The van der Waals surface area contributed by atoms with Crippen molar-refractivity contribution in [3.05, 3.63) is 90.0 Å². The van der Waals surface area contributed by atoms with Gasteiger partial charge in [-0.05, 0) is 55.3 Å². The highest BCUT2D eigenvalue weighted by Gasteiger charge is 2.43. The molecule has 0 aliphatic carbocycles. The minimum absolute atomic E-state index is 0.0453. The summed E-state index contributed by atoms with van der Waals surface area (Å²) in [5.41, 5.74) is 2.37. The Hall–Kier alpha value is -3.05. The molecule has 1 heterocycles. The molecule has 4 rings (SSSR count). The fourth-order valence-corrected chi connectivity index (χ4v) is 7.08. The lowest BCUT2D eigenvalue weighted by Gasteiger charge is -2.39. The molecule has 8 nitrogen and oxygen atoms in total. The maximum atomic E-state index is 13.5. The molecular weight excluding hydrogens is 486 g/mol. The zero-order valence-corrected chi connectivity index (χ0v) is 21.1. The van der Waals surface area contributed by atoms with Crippen molar-refractivity contribution in [2.75, 3.05) is 25.0 Å². The zero-order valence-electron chi connectivity index (χ0n) is 19.5. The first kappa shape index (κ1) is 25.1. The van der Waals surface area contributed by atoms with E-state index >= 15 is 0 Å². The van der Waals surface area contributed by atoms with Crippen molar-refractivity contribution < 1.29 is 21.6 Å². The summed E-state index contributed by atoms with van der Waals surface area (Å²) < 4.78 is 55.8. The van der Waals surface area contributed by atoms with E-state index in [9.17, 15) is 21.6 Å². The lowest BCUT2D eigenvalue weighted by atomic mass is 10.1. The number of hydrogen-bond acceptors (Lipinski definition) is 5. The highest BCUT2D eigenvalue weighted by Crippen LogP contribution is 2.27. The second-order valence-corrected chi connectivity index (χ2v) is 12.2. The topological polar surface area (TPSA) is 104 Å². The van der Waals surface area contributed by atoms with Gasteiger partial charge >= 0.3 is 0 Å². The molecule has 1 fully saturated rings. The minimum Gasteiger partial charge on any atom is -0.324 e. The number of amides is 1. The number of sulfonamides is 2. The third-order valence-electron chi connectivity index (χ3n) is 6.19. The van der Waals surface area contributed by atoms with Crippen molar-refractivity contribution in [3.63, 3.8) is 0 Å². The number of carbonyl (C=O) groups is 1. The van der Waals surface area contributed by atoms with Gasteiger partial charge in [0.1, 0.15) is 6.04 Å². The molecule has 3 aromatic rings. The largest absolute Gasteiger partial charge is 0.324 e. The van der Waals surface area contributed by atoms with E-state index in [2.05, 4.69) is 5.32 Å². The summed E-state index contributed by atoms with van der Waals surface area (Å²) in [7, 11) is -7.97. The SMILES string of the molecule is Cc1cccc(NC(=O)[C@@H]2CN(S(=O)(=O)c3ccccc3)CCN2S(=O)(=O)c2ccccc2)c1C. The number of aryl methyl sites for hydroxylation is 1. The summed E-state index contributed by atoms with van der Waals surface area (Å²) >= 11 is 0. The van der Waals surface area contributed by atoms with Crippen LogP contribution in [0.3, 0.4) is 0 Å². The summed E-state index contributed by atoms with van der Waals surface area (Å²) in [5.74, 6) is -0.592. The van der Waals surface area contributed by atoms with Gasteiger partial charge in [-0.2, -0.15) is 8.61 Å². The highest BCUT2D eigenvalue weighted by atomic mass is 32.2. The number of anilines is 1. The van der Waals surface area contributed by atoms with Crippen LogP contribution in [0.25, 0.3) is 0 Å². The van der Waals surface area contributed by atoms with Crippen LogP contribution in [0.2, 0.25) is 0 Å². The maximum absolute atomic E-state index is 13.5. The molecular formula is C25H27N3O5S2. The van der Waals surface area contributed by atoms with Crippen LogP contribution in [0.4, 0.5) is 5.69 Å². The van der Waals surface area contributed by atoms with Crippen LogP contribution in [0.1, 0.15) is 11.1 Å². The lowest BCUT2D eigenvalue weighted by Crippen LogP contribution is -2.60. The molecule has 1 N–H and O–H groups in total. The molecule has 1 aliphatic heterocycles. The fraction of sp³-hybridized carbons (Fsp3) is 0.240. The van der Waals surface area contributed by atoms with Crippen molar-refractivity contribution in [2.45, 2.75) is 29.7 Å². The van der Waals surface area contributed by atoms with Crippen LogP contribution < -0.4 is 5.32 Å². The average molecular weight is 514 g/mol. The predicted octanol–water partition coefficient (Wildman–Crippen LogP) is 3.01. The molecule has 0 unspecified atom stereocenters. The van der Waals surface area contributed by atoms with E-state index in [1.807, 2.05) is 19.9 Å². The molecule has 0 aromatic heterocycles. The molecule has 1 atom stereocenters. The first-order valence-electron chi connectivity index (χ1n) is 11.1. The Morgan fingerprint density at radius 2 is 1.34 bits per heavy atom. The Balaban J connectivity index is 1.71. The summed E-state index contributed by atoms with van der Waals surface area (Å²) in [6.07, 6.45) is 0. The van der Waals surface area contributed by atoms with E-state index in [0.29, 0.717) is 5.69 Å². The van der Waals surface area contributed by atoms with Gasteiger partial charge in [-0.3, -0.25) is 4.79 Å². The number of carbonyl (C=O) groups excluding carboxylic acids is 1. The van der Waals surface area contributed by atoms with E-state index in [1.165, 1.54) is 28.6 Å². The van der Waals surface area contributed by atoms with Gasteiger partial charge in [0.25, 0.3) is 0 Å². The zero-order chi connectivity index (χ0) is 25.2. The Kier molecular flexibility index (Phi) is 7.09. The van der Waals surface area contributed by atoms with E-state index in [1.54, 1.807) is 48.5 Å². The average Bonchev–Trinajstić information content (AvgIpc) is 2.87. The van der Waals surface area contributed by atoms with Gasteiger partial charge in [0, 0.05) is 25.3 Å². The quantitative estimate of drug-likeness (QED) is 0.546. The number of piperazine rings is 1. The Morgan fingerprint density at radius 3 is 1.94 bits per heavy atom. The molecule has 0 saturated carbocycles. The lowest BCUT2D eigenvalue weighted by molar-refractivity contribution is -0.120. The number of nitrogens with zero attached hydrogens (tertiary/aromatic N) is 2. The molecule has 1 saturated heterocycles. The van der Waals surface area contributed by atoms with Crippen molar-refractivity contribution in [1.82, 2.24) is 8.61 Å². The summed E-state index contributed by atoms with van der Waals surface area (Å²) in [4.78, 5) is 13.6. The first-order chi connectivity index (χ1) is 16.6. The van der Waals surface area contributed by atoms with Crippen LogP contribution >= 0.6 is 0 Å². The summed E-state index contributed by atoms with van der Waals surface area (Å²) in [6.45, 7) is 3.23. The minimum atomic E-state index is -4.05. The van der Waals surface area contributed by atoms with Crippen molar-refractivity contribution >= 4 is 31.6 Å². The van der Waals surface area contributed by atoms with Gasteiger partial charge in [0.05, 0.1) is 9.79 Å². The molecule has 3 aromatic carbocycles. The van der Waals surface area contributed by atoms with Crippen molar-refractivity contribution in [2.24, 2.45) is 0 Å². The molecule has 1 aliphatic rings. The van der Waals surface area contributed by atoms with Crippen LogP contribution in [0.5, 0.6) is 0 Å². The van der Waals surface area contributed by atoms with E-state index in [-0.39, 0.29) is 29.4 Å². The molecule has 0 radical (unpaired) electrons. The van der Waals surface area contributed by atoms with Gasteiger partial charge in [-0.25, -0.2) is 16.8 Å². The van der Waals surface area contributed by atoms with Crippen LogP contribution in [0, 0.1) is 13.8 Å². The molecule has 10 heteroatoms. The summed E-state index contributed by atoms with van der Waals surface area (Å²) in [6, 6.07) is 19.9. The fourth-order valence-electron chi connectivity index (χ4n) is 4.03. The molecule has 0 bridgehead atoms. The number of benzene rings is 3. The highest BCUT2D eigenvalue weighted by molar-refractivity contribution is 7.89. The van der Waals surface area contributed by atoms with Crippen LogP contribution in [0.15, 0.2) is 88.7 Å². The second-order valence-electron chi connectivity index (χ2n) is 8.36. The Bertz CT molecular complexity index is 1430. The molecule has 35 heavy (non-hydrogen) atoms. The van der Waals surface area contributed by atoms with E-state index in [4.69, 9.17) is 0 Å². The maximum Gasteiger partial charge on any atom is 0.244 e. The van der Waals surface area contributed by atoms with Gasteiger partial charge in [-0.1, -0.05) is 48.5 Å². The predicted molar refractivity (Wildman–Crippen MR) is 134 cm³/mol. The number of nitrogens with one attached hydrogen (secondary N) is 1. The standard InChI is InChI=1S/C25H27N3O5S2/c1-19-10-9-15-23(20(19)2)26-25(29)24-18-27(34(30,31)21-11-5-3-6-12-21)16-17-28(24)35(32,33)22-13-7-4-8-14-22/h3-15,24H,16-18H2,1-2H3,(H,26,29)/t24-/m0/s1. The van der Waals surface area contributed by atoms with Crippen molar-refractivity contribution in [3.8, 4) is 0 Å². The van der Waals surface area contributed by atoms with Gasteiger partial charge in [0.15, 0.2) is 0 Å². The Labute approximate surface area is 206 Å². The number of hydrogen-bond donors (Lipinski definition) is 1. The summed E-state index contributed by atoms with van der Waals surface area (Å²) in [5, 5.41) is 2.82. The smallest absolute Gasteiger partial charge is 0.244 e. The van der Waals surface area contributed by atoms with Crippen LogP contribution in [-0.4, -0.2) is 57.0 Å². The molecule has 184 valence electrons. The normalized spacial score (nSPS) is 17.7. The second kappa shape index (κ2) is 9.90. The van der Waals surface area contributed by atoms with Crippen LogP contribution in [-0.2, 0) is 24.8 Å². The first-order valence-corrected chi connectivity index (χ1v) is 14.0. The van der Waals surface area contributed by atoms with Crippen molar-refractivity contribution in [1.29, 1.82) is 0 Å². The monoisotopic (exact) mass is 513 g/mol. The van der Waals surface area contributed by atoms with Gasteiger partial charge < -0.3 is 5.32 Å². The molecule has 1 amide bonds. The molecule has 0 spiro atoms. The third kappa shape index (κ3) is 5.01. The number of rotatable bonds is 6. The third-order valence-corrected chi connectivity index (χ3v) is 9.99. The van der Waals surface area contributed by atoms with E-state index in [0.717, 1.165) is 15.4 Å².